The third-order valence-electron chi connectivity index (χ3n) is 6.49. The lowest BCUT2D eigenvalue weighted by Gasteiger charge is -2.29. The second-order valence-electron chi connectivity index (χ2n) is 8.55. The molecule has 0 atom stereocenters. The van der Waals surface area contributed by atoms with Gasteiger partial charge in [-0.2, -0.15) is 4.98 Å². The van der Waals surface area contributed by atoms with E-state index in [4.69, 9.17) is 9.26 Å². The Hall–Kier alpha value is -3.58. The molecule has 3 aromatic carbocycles. The van der Waals surface area contributed by atoms with Crippen LogP contribution in [0.5, 0.6) is 5.75 Å². The number of ether oxygens (including phenoxy) is 1. The number of hydrogen-bond acceptors (Lipinski definition) is 6. The van der Waals surface area contributed by atoms with Crippen LogP contribution in [0.1, 0.15) is 36.0 Å². The van der Waals surface area contributed by atoms with Gasteiger partial charge in [0.2, 0.25) is 5.82 Å². The van der Waals surface area contributed by atoms with Gasteiger partial charge in [-0.05, 0) is 67.4 Å². The standard InChI is InChI=1S/C27H23N3O3S/c1-32-20-13-10-17(11-14-20)26-28-25(29-33-26)18-12-15-22-24(16-18)34-23-9-5-4-8-21(23)27(31)30(22)19-6-2-3-7-19/h4-5,8-16,19H,2-3,6-7H2,1H3. The Balaban J connectivity index is 1.40. The van der Waals surface area contributed by atoms with E-state index in [1.807, 2.05) is 65.6 Å². The van der Waals surface area contributed by atoms with Crippen LogP contribution in [0.2, 0.25) is 0 Å². The van der Waals surface area contributed by atoms with E-state index in [1.54, 1.807) is 18.9 Å². The number of aromatic nitrogens is 2. The Morgan fingerprint density at radius 3 is 2.53 bits per heavy atom. The predicted octanol–water partition coefficient (Wildman–Crippen LogP) is 6.47. The van der Waals surface area contributed by atoms with Crippen molar-refractivity contribution in [2.45, 2.75) is 41.5 Å². The molecule has 1 aliphatic heterocycles. The van der Waals surface area contributed by atoms with Crippen LogP contribution in [0.25, 0.3) is 22.8 Å². The van der Waals surface area contributed by atoms with Crippen LogP contribution >= 0.6 is 11.8 Å². The van der Waals surface area contributed by atoms with Crippen molar-refractivity contribution in [1.29, 1.82) is 0 Å². The summed E-state index contributed by atoms with van der Waals surface area (Å²) in [5.41, 5.74) is 3.41. The zero-order valence-corrected chi connectivity index (χ0v) is 19.5. The number of methoxy groups -OCH3 is 1. The number of amides is 1. The summed E-state index contributed by atoms with van der Waals surface area (Å²) < 4.78 is 10.8. The van der Waals surface area contributed by atoms with Gasteiger partial charge in [-0.1, -0.05) is 41.9 Å². The van der Waals surface area contributed by atoms with E-state index in [1.165, 1.54) is 0 Å². The summed E-state index contributed by atoms with van der Waals surface area (Å²) in [6.07, 6.45) is 4.40. The normalized spacial score (nSPS) is 15.7. The van der Waals surface area contributed by atoms with E-state index < -0.39 is 0 Å². The first-order chi connectivity index (χ1) is 16.7. The fourth-order valence-electron chi connectivity index (χ4n) is 4.74. The molecule has 1 aromatic heterocycles. The van der Waals surface area contributed by atoms with Crippen LogP contribution < -0.4 is 9.64 Å². The van der Waals surface area contributed by atoms with Crippen molar-refractivity contribution in [3.05, 3.63) is 72.3 Å². The van der Waals surface area contributed by atoms with E-state index >= 15 is 0 Å². The van der Waals surface area contributed by atoms with Crippen LogP contribution in [0.15, 0.2) is 81.0 Å². The first-order valence-corrected chi connectivity index (χ1v) is 12.3. The monoisotopic (exact) mass is 469 g/mol. The Kier molecular flexibility index (Phi) is 5.34. The number of anilines is 1. The zero-order chi connectivity index (χ0) is 23.1. The molecule has 2 heterocycles. The molecule has 0 unspecified atom stereocenters. The minimum atomic E-state index is 0.0860. The Morgan fingerprint density at radius 2 is 1.74 bits per heavy atom. The lowest BCUT2D eigenvalue weighted by atomic mass is 10.1. The summed E-state index contributed by atoms with van der Waals surface area (Å²) in [5.74, 6) is 1.83. The largest absolute Gasteiger partial charge is 0.497 e. The van der Waals surface area contributed by atoms with E-state index in [9.17, 15) is 4.79 Å². The first kappa shape index (κ1) is 21.0. The molecule has 4 aromatic rings. The quantitative estimate of drug-likeness (QED) is 0.341. The van der Waals surface area contributed by atoms with Gasteiger partial charge in [0.05, 0.1) is 18.4 Å². The average molecular weight is 470 g/mol. The van der Waals surface area contributed by atoms with Crippen LogP contribution in [-0.4, -0.2) is 29.2 Å². The van der Waals surface area contributed by atoms with Gasteiger partial charge in [-0.25, -0.2) is 0 Å². The molecule has 1 aliphatic carbocycles. The maximum atomic E-state index is 13.6. The maximum Gasteiger partial charge on any atom is 0.259 e. The Bertz CT molecular complexity index is 1360. The number of benzene rings is 3. The average Bonchev–Trinajstić information content (AvgIpc) is 3.56. The molecule has 1 fully saturated rings. The minimum Gasteiger partial charge on any atom is -0.497 e. The van der Waals surface area contributed by atoms with Crippen molar-refractivity contribution in [1.82, 2.24) is 10.1 Å². The van der Waals surface area contributed by atoms with Gasteiger partial charge in [-0.15, -0.1) is 0 Å². The van der Waals surface area contributed by atoms with E-state index in [2.05, 4.69) is 16.2 Å². The second-order valence-corrected chi connectivity index (χ2v) is 9.63. The fraction of sp³-hybridized carbons (Fsp3) is 0.222. The summed E-state index contributed by atoms with van der Waals surface area (Å²) in [6, 6.07) is 21.7. The molecule has 0 spiro atoms. The maximum absolute atomic E-state index is 13.6. The molecule has 0 N–H and O–H groups in total. The molecular formula is C27H23N3O3S. The van der Waals surface area contributed by atoms with Gasteiger partial charge in [0.15, 0.2) is 0 Å². The number of carbonyl (C=O) groups is 1. The van der Waals surface area contributed by atoms with Gasteiger partial charge < -0.3 is 14.2 Å². The topological polar surface area (TPSA) is 68.5 Å². The van der Waals surface area contributed by atoms with Crippen LogP contribution in [0.4, 0.5) is 5.69 Å². The molecule has 1 saturated carbocycles. The molecule has 7 heteroatoms. The SMILES string of the molecule is COc1ccc(-c2nc(-c3ccc4c(c3)Sc3ccccc3C(=O)N4C3CCCC3)no2)cc1. The van der Waals surface area contributed by atoms with Crippen molar-refractivity contribution in [2.24, 2.45) is 0 Å². The van der Waals surface area contributed by atoms with Crippen molar-refractivity contribution in [3.63, 3.8) is 0 Å². The predicted molar refractivity (Wildman–Crippen MR) is 131 cm³/mol. The first-order valence-electron chi connectivity index (χ1n) is 11.4. The molecule has 2 aliphatic rings. The van der Waals surface area contributed by atoms with Crippen molar-refractivity contribution < 1.29 is 14.1 Å². The highest BCUT2D eigenvalue weighted by molar-refractivity contribution is 7.99. The van der Waals surface area contributed by atoms with E-state index in [0.717, 1.165) is 63.6 Å². The highest BCUT2D eigenvalue weighted by atomic mass is 32.2. The molecule has 6 nitrogen and oxygen atoms in total. The number of rotatable bonds is 4. The minimum absolute atomic E-state index is 0.0860. The van der Waals surface area contributed by atoms with E-state index in [0.29, 0.717) is 11.7 Å². The molecule has 6 rings (SSSR count). The summed E-state index contributed by atoms with van der Waals surface area (Å²) >= 11 is 1.62. The zero-order valence-electron chi connectivity index (χ0n) is 18.7. The van der Waals surface area contributed by atoms with Crippen molar-refractivity contribution in [2.75, 3.05) is 12.0 Å². The molecule has 170 valence electrons. The number of fused-ring (bicyclic) bond motifs is 2. The van der Waals surface area contributed by atoms with Gasteiger partial charge in [-0.3, -0.25) is 4.79 Å². The van der Waals surface area contributed by atoms with Crippen LogP contribution in [0, 0.1) is 0 Å². The highest BCUT2D eigenvalue weighted by Crippen LogP contribution is 2.45. The summed E-state index contributed by atoms with van der Waals surface area (Å²) in [5, 5.41) is 4.23. The molecule has 34 heavy (non-hydrogen) atoms. The number of hydrogen-bond donors (Lipinski definition) is 0. The summed E-state index contributed by atoms with van der Waals surface area (Å²) in [4.78, 5) is 22.3. The lowest BCUT2D eigenvalue weighted by molar-refractivity contribution is 0.0974. The smallest absolute Gasteiger partial charge is 0.259 e. The van der Waals surface area contributed by atoms with Crippen LogP contribution in [0.3, 0.4) is 0 Å². The third kappa shape index (κ3) is 3.66. The Labute approximate surface area is 201 Å². The molecule has 0 bridgehead atoms. The highest BCUT2D eigenvalue weighted by Gasteiger charge is 2.34. The fourth-order valence-corrected chi connectivity index (χ4v) is 5.85. The number of nitrogens with zero attached hydrogens (tertiary/aromatic N) is 3. The van der Waals surface area contributed by atoms with Gasteiger partial charge in [0.1, 0.15) is 5.75 Å². The van der Waals surface area contributed by atoms with Crippen molar-refractivity contribution in [3.8, 4) is 28.6 Å². The summed E-state index contributed by atoms with van der Waals surface area (Å²) in [7, 11) is 1.63. The van der Waals surface area contributed by atoms with Crippen molar-refractivity contribution >= 4 is 23.4 Å². The molecule has 1 amide bonds. The molecule has 0 radical (unpaired) electrons. The number of carbonyl (C=O) groups excluding carboxylic acids is 1. The molecular weight excluding hydrogens is 446 g/mol. The van der Waals surface area contributed by atoms with Gasteiger partial charge in [0, 0.05) is 27.0 Å². The van der Waals surface area contributed by atoms with Gasteiger partial charge in [0.25, 0.3) is 11.8 Å². The third-order valence-corrected chi connectivity index (χ3v) is 7.61. The lowest BCUT2D eigenvalue weighted by Crippen LogP contribution is -2.39. The summed E-state index contributed by atoms with van der Waals surface area (Å²) in [6.45, 7) is 0. The molecule has 0 saturated heterocycles. The Morgan fingerprint density at radius 1 is 0.971 bits per heavy atom. The van der Waals surface area contributed by atoms with Gasteiger partial charge >= 0.3 is 0 Å². The van der Waals surface area contributed by atoms with Crippen LogP contribution in [-0.2, 0) is 0 Å². The van der Waals surface area contributed by atoms with E-state index in [-0.39, 0.29) is 11.9 Å². The second kappa shape index (κ2) is 8.65.